The largest absolute Gasteiger partial charge is 0.356 e. The van der Waals surface area contributed by atoms with E-state index in [9.17, 15) is 0 Å². The number of rotatable bonds is 3. The Labute approximate surface area is 140 Å². The second kappa shape index (κ2) is 6.71. The van der Waals surface area contributed by atoms with E-state index in [1.165, 1.54) is 12.8 Å². The van der Waals surface area contributed by atoms with Gasteiger partial charge in [-0.15, -0.1) is 0 Å². The van der Waals surface area contributed by atoms with Gasteiger partial charge in [0, 0.05) is 19.3 Å². The summed E-state index contributed by atoms with van der Waals surface area (Å²) < 4.78 is 0. The number of nitrogens with one attached hydrogen (secondary N) is 1. The number of aromatic nitrogens is 2. The standard InChI is InChI=1S/C16H18Cl2N4/c1-11-4-3-9-22(10-11)14-7-8-19-16(20-14)21-15-12(17)5-2-6-13(15)18/h2,5-8,11H,3-4,9-10H2,1H3,(H,19,20,21). The van der Waals surface area contributed by atoms with Gasteiger partial charge in [-0.3, -0.25) is 0 Å². The van der Waals surface area contributed by atoms with E-state index < -0.39 is 0 Å². The molecule has 3 rings (SSSR count). The van der Waals surface area contributed by atoms with Gasteiger partial charge in [0.1, 0.15) is 5.82 Å². The fourth-order valence-electron chi connectivity index (χ4n) is 2.71. The van der Waals surface area contributed by atoms with Gasteiger partial charge in [-0.1, -0.05) is 36.2 Å². The van der Waals surface area contributed by atoms with Gasteiger partial charge in [0.15, 0.2) is 0 Å². The molecule has 0 radical (unpaired) electrons. The van der Waals surface area contributed by atoms with Crippen LogP contribution in [0.4, 0.5) is 17.5 Å². The van der Waals surface area contributed by atoms with Crippen LogP contribution in [0.3, 0.4) is 0 Å². The number of nitrogens with zero attached hydrogens (tertiary/aromatic N) is 3. The van der Waals surface area contributed by atoms with Crippen LogP contribution < -0.4 is 10.2 Å². The Morgan fingerprint density at radius 1 is 1.23 bits per heavy atom. The van der Waals surface area contributed by atoms with E-state index in [0.717, 1.165) is 18.9 Å². The maximum Gasteiger partial charge on any atom is 0.229 e. The van der Waals surface area contributed by atoms with Crippen molar-refractivity contribution in [1.82, 2.24) is 9.97 Å². The van der Waals surface area contributed by atoms with E-state index in [0.29, 0.717) is 27.6 Å². The molecule has 6 heteroatoms. The molecule has 1 aliphatic rings. The summed E-state index contributed by atoms with van der Waals surface area (Å²) in [6.07, 6.45) is 4.24. The first kappa shape index (κ1) is 15.4. The quantitative estimate of drug-likeness (QED) is 0.876. The van der Waals surface area contributed by atoms with Crippen molar-refractivity contribution >= 4 is 40.7 Å². The number of anilines is 3. The average molecular weight is 337 g/mol. The van der Waals surface area contributed by atoms with Crippen molar-refractivity contribution in [3.63, 3.8) is 0 Å². The average Bonchev–Trinajstić information content (AvgIpc) is 2.51. The summed E-state index contributed by atoms with van der Waals surface area (Å²) in [6.45, 7) is 4.34. The summed E-state index contributed by atoms with van der Waals surface area (Å²) in [5, 5.41) is 4.22. The van der Waals surface area contributed by atoms with E-state index in [4.69, 9.17) is 23.2 Å². The molecule has 1 aliphatic heterocycles. The second-order valence-corrected chi connectivity index (χ2v) is 6.47. The molecule has 1 atom stereocenters. The Balaban J connectivity index is 1.82. The molecule has 22 heavy (non-hydrogen) atoms. The van der Waals surface area contributed by atoms with Crippen LogP contribution in [0.5, 0.6) is 0 Å². The molecule has 0 bridgehead atoms. The zero-order valence-corrected chi connectivity index (χ0v) is 13.9. The lowest BCUT2D eigenvalue weighted by Gasteiger charge is -2.31. The highest BCUT2D eigenvalue weighted by Crippen LogP contribution is 2.32. The Kier molecular flexibility index (Phi) is 4.69. The van der Waals surface area contributed by atoms with Crippen molar-refractivity contribution in [2.75, 3.05) is 23.3 Å². The van der Waals surface area contributed by atoms with Gasteiger partial charge in [0.2, 0.25) is 5.95 Å². The van der Waals surface area contributed by atoms with Crippen molar-refractivity contribution in [1.29, 1.82) is 0 Å². The zero-order valence-electron chi connectivity index (χ0n) is 12.4. The van der Waals surface area contributed by atoms with Gasteiger partial charge in [0.25, 0.3) is 0 Å². The summed E-state index contributed by atoms with van der Waals surface area (Å²) in [6, 6.07) is 7.32. The first-order valence-corrected chi connectivity index (χ1v) is 8.18. The predicted molar refractivity (Wildman–Crippen MR) is 92.4 cm³/mol. The van der Waals surface area contributed by atoms with Gasteiger partial charge < -0.3 is 10.2 Å². The van der Waals surface area contributed by atoms with Crippen molar-refractivity contribution in [2.45, 2.75) is 19.8 Å². The maximum absolute atomic E-state index is 6.17. The monoisotopic (exact) mass is 336 g/mol. The van der Waals surface area contributed by atoms with Crippen molar-refractivity contribution in [3.05, 3.63) is 40.5 Å². The number of hydrogen-bond acceptors (Lipinski definition) is 4. The highest BCUT2D eigenvalue weighted by atomic mass is 35.5. The van der Waals surface area contributed by atoms with Crippen LogP contribution in [0, 0.1) is 5.92 Å². The zero-order chi connectivity index (χ0) is 15.5. The van der Waals surface area contributed by atoms with Crippen LogP contribution in [0.25, 0.3) is 0 Å². The van der Waals surface area contributed by atoms with E-state index >= 15 is 0 Å². The van der Waals surface area contributed by atoms with Gasteiger partial charge in [-0.25, -0.2) is 4.98 Å². The Bertz CT molecular complexity index is 642. The number of benzene rings is 1. The molecule has 1 fully saturated rings. The Morgan fingerprint density at radius 2 is 2.00 bits per heavy atom. The first-order chi connectivity index (χ1) is 10.6. The fraction of sp³-hybridized carbons (Fsp3) is 0.375. The van der Waals surface area contributed by atoms with E-state index in [1.54, 1.807) is 18.3 Å². The van der Waals surface area contributed by atoms with Crippen LogP contribution >= 0.6 is 23.2 Å². The van der Waals surface area contributed by atoms with Crippen molar-refractivity contribution in [3.8, 4) is 0 Å². The third-order valence-electron chi connectivity index (χ3n) is 3.82. The van der Waals surface area contributed by atoms with Crippen molar-refractivity contribution in [2.24, 2.45) is 5.92 Å². The summed E-state index contributed by atoms with van der Waals surface area (Å²) in [5.41, 5.74) is 0.634. The minimum absolute atomic E-state index is 0.505. The molecule has 0 spiro atoms. The van der Waals surface area contributed by atoms with Gasteiger partial charge in [0.05, 0.1) is 15.7 Å². The predicted octanol–water partition coefficient (Wildman–Crippen LogP) is 4.76. The molecule has 2 heterocycles. The van der Waals surface area contributed by atoms with Crippen LogP contribution in [-0.4, -0.2) is 23.1 Å². The van der Waals surface area contributed by atoms with Crippen LogP contribution in [0.1, 0.15) is 19.8 Å². The van der Waals surface area contributed by atoms with Crippen LogP contribution in [-0.2, 0) is 0 Å². The molecular formula is C16H18Cl2N4. The molecule has 0 amide bonds. The summed E-state index contributed by atoms with van der Waals surface area (Å²) in [5.74, 6) is 2.14. The molecule has 1 N–H and O–H groups in total. The SMILES string of the molecule is CC1CCCN(c2ccnc(Nc3c(Cl)cccc3Cl)n2)C1. The maximum atomic E-state index is 6.17. The smallest absolute Gasteiger partial charge is 0.229 e. The topological polar surface area (TPSA) is 41.1 Å². The first-order valence-electron chi connectivity index (χ1n) is 7.42. The molecule has 1 unspecified atom stereocenters. The number of para-hydroxylation sites is 1. The van der Waals surface area contributed by atoms with Crippen molar-refractivity contribution < 1.29 is 0 Å². The second-order valence-electron chi connectivity index (χ2n) is 5.65. The van der Waals surface area contributed by atoms with E-state index in [2.05, 4.69) is 27.1 Å². The molecule has 0 saturated carbocycles. The highest BCUT2D eigenvalue weighted by Gasteiger charge is 2.18. The molecule has 2 aromatic rings. The summed E-state index contributed by atoms with van der Waals surface area (Å²) >= 11 is 12.3. The molecule has 4 nitrogen and oxygen atoms in total. The third kappa shape index (κ3) is 3.45. The van der Waals surface area contributed by atoms with Gasteiger partial charge in [-0.05, 0) is 37.0 Å². The molecule has 1 aromatic heterocycles. The Hall–Kier alpha value is -1.52. The van der Waals surface area contributed by atoms with Crippen LogP contribution in [0.2, 0.25) is 10.0 Å². The minimum Gasteiger partial charge on any atom is -0.356 e. The summed E-state index contributed by atoms with van der Waals surface area (Å²) in [4.78, 5) is 11.2. The summed E-state index contributed by atoms with van der Waals surface area (Å²) in [7, 11) is 0. The molecule has 1 saturated heterocycles. The van der Waals surface area contributed by atoms with Gasteiger partial charge >= 0.3 is 0 Å². The normalized spacial score (nSPS) is 18.3. The Morgan fingerprint density at radius 3 is 2.73 bits per heavy atom. The fourth-order valence-corrected chi connectivity index (χ4v) is 3.20. The lowest BCUT2D eigenvalue weighted by atomic mass is 10.0. The number of halogens is 2. The van der Waals surface area contributed by atoms with E-state index in [1.807, 2.05) is 12.1 Å². The number of piperidine rings is 1. The lowest BCUT2D eigenvalue weighted by Crippen LogP contribution is -2.34. The number of hydrogen-bond donors (Lipinski definition) is 1. The molecule has 116 valence electrons. The third-order valence-corrected chi connectivity index (χ3v) is 4.45. The molecule has 1 aromatic carbocycles. The molecular weight excluding hydrogens is 319 g/mol. The van der Waals surface area contributed by atoms with Gasteiger partial charge in [-0.2, -0.15) is 4.98 Å². The molecule has 0 aliphatic carbocycles. The van der Waals surface area contributed by atoms with E-state index in [-0.39, 0.29) is 0 Å². The van der Waals surface area contributed by atoms with Crippen LogP contribution in [0.15, 0.2) is 30.5 Å². The highest BCUT2D eigenvalue weighted by molar-refractivity contribution is 6.39. The minimum atomic E-state index is 0.505. The lowest BCUT2D eigenvalue weighted by molar-refractivity contribution is 0.444.